The van der Waals surface area contributed by atoms with Crippen molar-refractivity contribution in [2.75, 3.05) is 0 Å². The van der Waals surface area contributed by atoms with Crippen LogP contribution in [0.15, 0.2) is 35.1 Å². The highest BCUT2D eigenvalue weighted by Crippen LogP contribution is 2.24. The maximum absolute atomic E-state index is 5.62. The Morgan fingerprint density at radius 1 is 1.12 bits per heavy atom. The predicted octanol–water partition coefficient (Wildman–Crippen LogP) is 3.65. The second kappa shape index (κ2) is 4.61. The molecule has 0 spiro atoms. The van der Waals surface area contributed by atoms with Crippen LogP contribution in [0.2, 0.25) is 0 Å². The van der Waals surface area contributed by atoms with Gasteiger partial charge in [-0.3, -0.25) is 4.98 Å². The molecule has 4 heteroatoms. The number of rotatable bonds is 2. The monoisotopic (exact) mass is 278 g/mol. The molecule has 0 radical (unpaired) electrons. The molecule has 0 aliphatic heterocycles. The lowest BCUT2D eigenvalue weighted by Gasteiger charge is -2.07. The third kappa shape index (κ3) is 2.58. The molecule has 0 aromatic carbocycles. The van der Waals surface area contributed by atoms with E-state index < -0.39 is 0 Å². The van der Waals surface area contributed by atoms with E-state index in [0.717, 1.165) is 15.7 Å². The second-order valence-electron chi connectivity index (χ2n) is 3.51. The number of nitrogens with zero attached hydrogens (tertiary/aromatic N) is 2. The van der Waals surface area contributed by atoms with Crippen LogP contribution >= 0.6 is 15.9 Å². The normalized spacial score (nSPS) is 10.2. The van der Waals surface area contributed by atoms with E-state index >= 15 is 0 Å². The quantitative estimate of drug-likeness (QED) is 0.841. The lowest BCUT2D eigenvalue weighted by molar-refractivity contribution is 0.456. The molecule has 82 valence electrons. The molecule has 2 heterocycles. The zero-order valence-electron chi connectivity index (χ0n) is 9.07. The average molecular weight is 279 g/mol. The number of hydrogen-bond acceptors (Lipinski definition) is 3. The van der Waals surface area contributed by atoms with E-state index in [1.807, 2.05) is 32.0 Å². The molecule has 0 saturated heterocycles. The van der Waals surface area contributed by atoms with Gasteiger partial charge in [0.05, 0.1) is 6.20 Å². The first-order valence-electron chi connectivity index (χ1n) is 4.88. The molecule has 0 N–H and O–H groups in total. The molecule has 0 unspecified atom stereocenters. The third-order valence-electron chi connectivity index (χ3n) is 2.10. The van der Waals surface area contributed by atoms with E-state index in [1.165, 1.54) is 0 Å². The molecule has 2 aromatic rings. The zero-order valence-corrected chi connectivity index (χ0v) is 10.7. The fourth-order valence-corrected chi connectivity index (χ4v) is 1.71. The predicted molar refractivity (Wildman–Crippen MR) is 65.7 cm³/mol. The maximum Gasteiger partial charge on any atom is 0.222 e. The summed E-state index contributed by atoms with van der Waals surface area (Å²) in [6, 6.07) is 5.75. The molecular weight excluding hydrogens is 268 g/mol. The molecule has 0 aliphatic carbocycles. The Bertz CT molecular complexity index is 497. The highest BCUT2D eigenvalue weighted by atomic mass is 79.9. The second-order valence-corrected chi connectivity index (χ2v) is 4.43. The van der Waals surface area contributed by atoms with Gasteiger partial charge in [-0.2, -0.15) is 0 Å². The first kappa shape index (κ1) is 11.1. The fraction of sp³-hybridized carbons (Fsp3) is 0.167. The lowest BCUT2D eigenvalue weighted by atomic mass is 10.3. The van der Waals surface area contributed by atoms with E-state index in [4.69, 9.17) is 4.74 Å². The molecule has 0 bridgehead atoms. The standard InChI is InChI=1S/C12H11BrN2O/c1-8-5-10(13)6-15-12(8)16-11-4-3-9(2)14-7-11/h3-7H,1-2H3. The number of halogens is 1. The minimum Gasteiger partial charge on any atom is -0.437 e. The minimum atomic E-state index is 0.605. The minimum absolute atomic E-state index is 0.605. The van der Waals surface area contributed by atoms with Crippen LogP contribution in [-0.2, 0) is 0 Å². The molecule has 16 heavy (non-hydrogen) atoms. The van der Waals surface area contributed by atoms with Gasteiger partial charge >= 0.3 is 0 Å². The van der Waals surface area contributed by atoms with E-state index in [1.54, 1.807) is 12.4 Å². The largest absolute Gasteiger partial charge is 0.437 e. The number of pyridine rings is 2. The van der Waals surface area contributed by atoms with Gasteiger partial charge in [0.25, 0.3) is 0 Å². The van der Waals surface area contributed by atoms with Crippen molar-refractivity contribution >= 4 is 15.9 Å². The summed E-state index contributed by atoms with van der Waals surface area (Å²) >= 11 is 3.36. The van der Waals surface area contributed by atoms with Crippen LogP contribution in [0.4, 0.5) is 0 Å². The Balaban J connectivity index is 2.23. The van der Waals surface area contributed by atoms with Gasteiger partial charge in [0, 0.05) is 21.9 Å². The summed E-state index contributed by atoms with van der Waals surface area (Å²) in [7, 11) is 0. The van der Waals surface area contributed by atoms with E-state index in [-0.39, 0.29) is 0 Å². The SMILES string of the molecule is Cc1ccc(Oc2ncc(Br)cc2C)cn1. The van der Waals surface area contributed by atoms with Crippen LogP contribution in [0, 0.1) is 13.8 Å². The molecule has 2 aromatic heterocycles. The third-order valence-corrected chi connectivity index (χ3v) is 2.53. The number of aromatic nitrogens is 2. The molecular formula is C12H11BrN2O. The lowest BCUT2D eigenvalue weighted by Crippen LogP contribution is -1.92. The first-order chi connectivity index (χ1) is 7.65. The molecule has 0 saturated carbocycles. The Morgan fingerprint density at radius 3 is 2.56 bits per heavy atom. The topological polar surface area (TPSA) is 35.0 Å². The van der Waals surface area contributed by atoms with Crippen LogP contribution in [0.1, 0.15) is 11.3 Å². The summed E-state index contributed by atoms with van der Waals surface area (Å²) in [6.45, 7) is 3.89. The van der Waals surface area contributed by atoms with Gasteiger partial charge in [0.15, 0.2) is 0 Å². The Kier molecular flexibility index (Phi) is 3.19. The summed E-state index contributed by atoms with van der Waals surface area (Å²) in [5.41, 5.74) is 1.95. The van der Waals surface area contributed by atoms with Crippen molar-refractivity contribution in [3.05, 3.63) is 46.3 Å². The van der Waals surface area contributed by atoms with E-state index in [2.05, 4.69) is 25.9 Å². The highest BCUT2D eigenvalue weighted by molar-refractivity contribution is 9.10. The highest BCUT2D eigenvalue weighted by Gasteiger charge is 2.03. The van der Waals surface area contributed by atoms with E-state index in [0.29, 0.717) is 11.6 Å². The average Bonchev–Trinajstić information content (AvgIpc) is 2.25. The van der Waals surface area contributed by atoms with Crippen molar-refractivity contribution in [3.8, 4) is 11.6 Å². The summed E-state index contributed by atoms with van der Waals surface area (Å²) in [4.78, 5) is 8.36. The van der Waals surface area contributed by atoms with Crippen molar-refractivity contribution in [1.29, 1.82) is 0 Å². The smallest absolute Gasteiger partial charge is 0.222 e. The summed E-state index contributed by atoms with van der Waals surface area (Å²) in [5.74, 6) is 1.30. The van der Waals surface area contributed by atoms with Gasteiger partial charge in [-0.15, -0.1) is 0 Å². The fourth-order valence-electron chi connectivity index (χ4n) is 1.26. The Labute approximate surface area is 103 Å². The Morgan fingerprint density at radius 2 is 1.94 bits per heavy atom. The van der Waals surface area contributed by atoms with Crippen LogP contribution in [0.5, 0.6) is 11.6 Å². The molecule has 0 amide bonds. The van der Waals surface area contributed by atoms with Crippen molar-refractivity contribution in [2.45, 2.75) is 13.8 Å². The summed E-state index contributed by atoms with van der Waals surface area (Å²) in [6.07, 6.45) is 3.41. The van der Waals surface area contributed by atoms with Crippen molar-refractivity contribution in [1.82, 2.24) is 9.97 Å². The van der Waals surface area contributed by atoms with E-state index in [9.17, 15) is 0 Å². The maximum atomic E-state index is 5.62. The number of aryl methyl sites for hydroxylation is 2. The van der Waals surface area contributed by atoms with Crippen LogP contribution < -0.4 is 4.74 Å². The van der Waals surface area contributed by atoms with Gasteiger partial charge < -0.3 is 4.74 Å². The molecule has 2 rings (SSSR count). The number of ether oxygens (including phenoxy) is 1. The molecule has 0 atom stereocenters. The first-order valence-corrected chi connectivity index (χ1v) is 5.67. The van der Waals surface area contributed by atoms with Gasteiger partial charge in [-0.25, -0.2) is 4.98 Å². The van der Waals surface area contributed by atoms with Crippen molar-refractivity contribution in [3.63, 3.8) is 0 Å². The molecule has 0 fully saturated rings. The van der Waals surface area contributed by atoms with Gasteiger partial charge in [0.2, 0.25) is 5.88 Å². The van der Waals surface area contributed by atoms with Crippen LogP contribution in [0.3, 0.4) is 0 Å². The Hall–Kier alpha value is -1.42. The van der Waals surface area contributed by atoms with Crippen molar-refractivity contribution in [2.24, 2.45) is 0 Å². The molecule has 0 aliphatic rings. The van der Waals surface area contributed by atoms with Gasteiger partial charge in [0.1, 0.15) is 5.75 Å². The summed E-state index contributed by atoms with van der Waals surface area (Å²) in [5, 5.41) is 0. The molecule has 3 nitrogen and oxygen atoms in total. The van der Waals surface area contributed by atoms with Crippen molar-refractivity contribution < 1.29 is 4.74 Å². The van der Waals surface area contributed by atoms with Crippen LogP contribution in [0.25, 0.3) is 0 Å². The van der Waals surface area contributed by atoms with Gasteiger partial charge in [-0.1, -0.05) is 0 Å². The number of hydrogen-bond donors (Lipinski definition) is 0. The summed E-state index contributed by atoms with van der Waals surface area (Å²) < 4.78 is 6.57. The van der Waals surface area contributed by atoms with Crippen LogP contribution in [-0.4, -0.2) is 9.97 Å². The zero-order chi connectivity index (χ0) is 11.5. The van der Waals surface area contributed by atoms with Gasteiger partial charge in [-0.05, 0) is 48.0 Å².